The lowest BCUT2D eigenvalue weighted by atomic mass is 10.1. The van der Waals surface area contributed by atoms with Crippen LogP contribution >= 0.6 is 11.6 Å². The zero-order valence-corrected chi connectivity index (χ0v) is 21.8. The molecule has 2 amide bonds. The number of benzene rings is 1. The number of nitrogens with one attached hydrogen (secondary N) is 1. The van der Waals surface area contributed by atoms with Crippen LogP contribution in [0.25, 0.3) is 11.0 Å². The lowest BCUT2D eigenvalue weighted by Crippen LogP contribution is -2.55. The third-order valence-electron chi connectivity index (χ3n) is 6.90. The molecule has 0 bridgehead atoms. The van der Waals surface area contributed by atoms with Crippen LogP contribution in [0.1, 0.15) is 41.4 Å². The summed E-state index contributed by atoms with van der Waals surface area (Å²) in [5.41, 5.74) is 2.53. The van der Waals surface area contributed by atoms with Crippen LogP contribution in [-0.2, 0) is 4.79 Å². The van der Waals surface area contributed by atoms with Crippen molar-refractivity contribution in [3.05, 3.63) is 65.0 Å². The Morgan fingerprint density at radius 1 is 1.24 bits per heavy atom. The van der Waals surface area contributed by atoms with Gasteiger partial charge in [-0.15, -0.1) is 0 Å². The summed E-state index contributed by atoms with van der Waals surface area (Å²) in [4.78, 5) is 38.3. The molecule has 8 nitrogen and oxygen atoms in total. The second-order valence-corrected chi connectivity index (χ2v) is 10.3. The van der Waals surface area contributed by atoms with E-state index in [1.807, 2.05) is 23.6 Å². The van der Waals surface area contributed by atoms with Gasteiger partial charge in [-0.25, -0.2) is 13.8 Å². The maximum Gasteiger partial charge on any atom is 0.272 e. The number of nitrogens with zero attached hydrogens (tertiary/aromatic N) is 5. The van der Waals surface area contributed by atoms with Crippen LogP contribution in [0, 0.1) is 6.92 Å². The maximum absolute atomic E-state index is 13.1. The van der Waals surface area contributed by atoms with E-state index in [1.165, 1.54) is 6.08 Å². The van der Waals surface area contributed by atoms with Crippen molar-refractivity contribution in [1.82, 2.24) is 24.3 Å². The molecule has 2 saturated heterocycles. The van der Waals surface area contributed by atoms with Gasteiger partial charge in [0.25, 0.3) is 11.8 Å². The van der Waals surface area contributed by atoms with Gasteiger partial charge in [-0.3, -0.25) is 24.8 Å². The van der Waals surface area contributed by atoms with Gasteiger partial charge in [0.2, 0.25) is 11.9 Å². The molecule has 0 spiro atoms. The Labute approximate surface area is 224 Å². The van der Waals surface area contributed by atoms with Crippen molar-refractivity contribution < 1.29 is 18.4 Å². The predicted molar refractivity (Wildman–Crippen MR) is 142 cm³/mol. The van der Waals surface area contributed by atoms with Crippen molar-refractivity contribution in [3.8, 4) is 0 Å². The number of amides is 2. The third kappa shape index (κ3) is 5.71. The highest BCUT2D eigenvalue weighted by Gasteiger charge is 2.42. The number of halogens is 3. The fourth-order valence-corrected chi connectivity index (χ4v) is 5.35. The van der Waals surface area contributed by atoms with Crippen molar-refractivity contribution in [2.24, 2.45) is 0 Å². The summed E-state index contributed by atoms with van der Waals surface area (Å²) in [7, 11) is 0. The SMILES string of the molecule is Cc1cc(C(=O)Nc2nc3cccc(Cl)c3n2[C@@H]2CCCCN(C(=O)C=CCN3CC(F)(F)C3)C2)ccn1. The van der Waals surface area contributed by atoms with Crippen LogP contribution < -0.4 is 5.32 Å². The third-order valence-corrected chi connectivity index (χ3v) is 7.21. The van der Waals surface area contributed by atoms with Gasteiger partial charge in [0.1, 0.15) is 0 Å². The number of carbonyl (C=O) groups excluding carboxylic acids is 2. The van der Waals surface area contributed by atoms with Crippen molar-refractivity contribution >= 4 is 40.4 Å². The Morgan fingerprint density at radius 3 is 2.82 bits per heavy atom. The zero-order valence-electron chi connectivity index (χ0n) is 21.0. The largest absolute Gasteiger partial charge is 0.337 e. The van der Waals surface area contributed by atoms with E-state index in [1.54, 1.807) is 40.3 Å². The molecular formula is C27H29ClF2N6O2. The minimum atomic E-state index is -2.63. The van der Waals surface area contributed by atoms with Crippen molar-refractivity contribution in [1.29, 1.82) is 0 Å². The Hall–Kier alpha value is -3.37. The quantitative estimate of drug-likeness (QED) is 0.456. The molecule has 0 radical (unpaired) electrons. The Morgan fingerprint density at radius 2 is 2.05 bits per heavy atom. The molecule has 38 heavy (non-hydrogen) atoms. The summed E-state index contributed by atoms with van der Waals surface area (Å²) in [6.07, 6.45) is 7.16. The Bertz CT molecular complexity index is 1380. The second kappa shape index (κ2) is 10.8. The molecule has 0 aliphatic carbocycles. The summed E-state index contributed by atoms with van der Waals surface area (Å²) < 4.78 is 28.1. The number of hydrogen-bond donors (Lipinski definition) is 1. The van der Waals surface area contributed by atoms with Gasteiger partial charge in [-0.1, -0.05) is 23.7 Å². The smallest absolute Gasteiger partial charge is 0.272 e. The molecule has 0 unspecified atom stereocenters. The van der Waals surface area contributed by atoms with Gasteiger partial charge in [0.05, 0.1) is 35.2 Å². The number of fused-ring (bicyclic) bond motifs is 1. The fourth-order valence-electron chi connectivity index (χ4n) is 5.09. The van der Waals surface area contributed by atoms with E-state index in [0.29, 0.717) is 47.2 Å². The zero-order chi connectivity index (χ0) is 26.9. The molecule has 1 atom stereocenters. The standard InChI is InChI=1S/C27H29ClF2N6O2/c1-18-14-19(10-11-31-18)25(38)33-26-32-22-8-4-7-21(28)24(22)36(26)20-6-2-3-13-35(15-20)23(37)9-5-12-34-16-27(29,30)17-34/h4-5,7-11,14,20H,2-3,6,12-13,15-17H2,1H3,(H,32,33,38)/t20-/m1/s1. The molecule has 0 saturated carbocycles. The first-order valence-electron chi connectivity index (χ1n) is 12.7. The number of likely N-dealkylation sites (tertiary alicyclic amines) is 2. The number of imidazole rings is 1. The predicted octanol–water partition coefficient (Wildman–Crippen LogP) is 4.71. The molecule has 2 fully saturated rings. The number of rotatable bonds is 6. The number of alkyl halides is 2. The van der Waals surface area contributed by atoms with E-state index in [9.17, 15) is 18.4 Å². The van der Waals surface area contributed by atoms with Gasteiger partial charge in [0, 0.05) is 43.2 Å². The molecule has 2 aliphatic rings. The van der Waals surface area contributed by atoms with Crippen LogP contribution in [0.2, 0.25) is 5.02 Å². The van der Waals surface area contributed by atoms with E-state index in [-0.39, 0.29) is 30.9 Å². The lowest BCUT2D eigenvalue weighted by Gasteiger charge is -2.37. The van der Waals surface area contributed by atoms with E-state index >= 15 is 0 Å². The molecule has 1 aromatic carbocycles. The molecule has 4 heterocycles. The Balaban J connectivity index is 1.39. The molecule has 1 N–H and O–H groups in total. The van der Waals surface area contributed by atoms with E-state index in [0.717, 1.165) is 25.0 Å². The first kappa shape index (κ1) is 26.2. The van der Waals surface area contributed by atoms with Crippen molar-refractivity contribution in [3.63, 3.8) is 0 Å². The molecule has 3 aromatic rings. The summed E-state index contributed by atoms with van der Waals surface area (Å²) >= 11 is 6.61. The number of aromatic nitrogens is 3. The lowest BCUT2D eigenvalue weighted by molar-refractivity contribution is -0.127. The monoisotopic (exact) mass is 542 g/mol. The van der Waals surface area contributed by atoms with Crippen molar-refractivity contribution in [2.75, 3.05) is 38.0 Å². The highest BCUT2D eigenvalue weighted by atomic mass is 35.5. The summed E-state index contributed by atoms with van der Waals surface area (Å²) in [6.45, 7) is 2.55. The molecule has 2 aliphatic heterocycles. The second-order valence-electron chi connectivity index (χ2n) is 9.91. The van der Waals surface area contributed by atoms with Crippen LogP contribution in [0.4, 0.5) is 14.7 Å². The van der Waals surface area contributed by atoms with Gasteiger partial charge >= 0.3 is 0 Å². The topological polar surface area (TPSA) is 83.4 Å². The molecule has 2 aromatic heterocycles. The number of para-hydroxylation sites is 1. The summed E-state index contributed by atoms with van der Waals surface area (Å²) in [5.74, 6) is -2.75. The van der Waals surface area contributed by atoms with Crippen LogP contribution in [0.5, 0.6) is 0 Å². The van der Waals surface area contributed by atoms with Gasteiger partial charge in [-0.2, -0.15) is 0 Å². The molecule has 200 valence electrons. The maximum atomic E-state index is 13.1. The van der Waals surface area contributed by atoms with E-state index in [2.05, 4.69) is 15.3 Å². The van der Waals surface area contributed by atoms with Gasteiger partial charge in [0.15, 0.2) is 0 Å². The molecule has 5 rings (SSSR count). The summed E-state index contributed by atoms with van der Waals surface area (Å²) in [6, 6.07) is 8.59. The average molecular weight is 543 g/mol. The minimum Gasteiger partial charge on any atom is -0.337 e. The average Bonchev–Trinajstić information content (AvgIpc) is 3.04. The number of anilines is 1. The van der Waals surface area contributed by atoms with E-state index in [4.69, 9.17) is 11.6 Å². The minimum absolute atomic E-state index is 0.169. The number of hydrogen-bond acceptors (Lipinski definition) is 5. The number of aryl methyl sites for hydroxylation is 1. The number of pyridine rings is 1. The van der Waals surface area contributed by atoms with Crippen LogP contribution in [0.15, 0.2) is 48.7 Å². The number of carbonyl (C=O) groups is 2. The van der Waals surface area contributed by atoms with Gasteiger partial charge < -0.3 is 9.47 Å². The Kier molecular flexibility index (Phi) is 7.45. The van der Waals surface area contributed by atoms with Crippen molar-refractivity contribution in [2.45, 2.75) is 38.2 Å². The van der Waals surface area contributed by atoms with E-state index < -0.39 is 5.92 Å². The molecular weight excluding hydrogens is 514 g/mol. The first-order valence-corrected chi connectivity index (χ1v) is 13.0. The highest BCUT2D eigenvalue weighted by Crippen LogP contribution is 2.34. The first-order chi connectivity index (χ1) is 18.2. The highest BCUT2D eigenvalue weighted by molar-refractivity contribution is 6.35. The normalized spacial score (nSPS) is 19.9. The van der Waals surface area contributed by atoms with Crippen LogP contribution in [0.3, 0.4) is 0 Å². The summed E-state index contributed by atoms with van der Waals surface area (Å²) in [5, 5.41) is 3.44. The van der Waals surface area contributed by atoms with Crippen LogP contribution in [-0.4, -0.2) is 74.8 Å². The fraction of sp³-hybridized carbons (Fsp3) is 0.407. The van der Waals surface area contributed by atoms with Gasteiger partial charge in [-0.05, 0) is 50.5 Å². The molecule has 11 heteroatoms.